The highest BCUT2D eigenvalue weighted by Crippen LogP contribution is 2.18. The topological polar surface area (TPSA) is 72.9 Å². The van der Waals surface area contributed by atoms with E-state index in [1.807, 2.05) is 19.9 Å². The van der Waals surface area contributed by atoms with Crippen LogP contribution in [0.25, 0.3) is 0 Å². The molecule has 1 aromatic rings. The highest BCUT2D eigenvalue weighted by atomic mass is 32.2. The molecule has 0 atom stereocenters. The van der Waals surface area contributed by atoms with E-state index >= 15 is 0 Å². The van der Waals surface area contributed by atoms with Gasteiger partial charge in [0.15, 0.2) is 0 Å². The molecule has 0 aromatic heterocycles. The van der Waals surface area contributed by atoms with Crippen molar-refractivity contribution in [1.29, 1.82) is 0 Å². The number of methoxy groups -OCH3 is 1. The predicted octanol–water partition coefficient (Wildman–Crippen LogP) is 2.05. The van der Waals surface area contributed by atoms with E-state index in [4.69, 9.17) is 8.92 Å². The van der Waals surface area contributed by atoms with Gasteiger partial charge in [0, 0.05) is 26.1 Å². The fraction of sp³-hybridized carbons (Fsp3) is 0.562. The van der Waals surface area contributed by atoms with Gasteiger partial charge >= 0.3 is 10.1 Å². The first-order valence-electron chi connectivity index (χ1n) is 7.58. The van der Waals surface area contributed by atoms with Crippen LogP contribution >= 0.6 is 0 Å². The van der Waals surface area contributed by atoms with E-state index in [-0.39, 0.29) is 23.3 Å². The zero-order chi connectivity index (χ0) is 17.5. The Morgan fingerprint density at radius 1 is 1.30 bits per heavy atom. The lowest BCUT2D eigenvalue weighted by Gasteiger charge is -2.24. The average Bonchev–Trinajstić information content (AvgIpc) is 2.50. The second-order valence-electron chi connectivity index (χ2n) is 5.48. The van der Waals surface area contributed by atoms with Crippen molar-refractivity contribution < 1.29 is 22.1 Å². The van der Waals surface area contributed by atoms with E-state index in [1.54, 1.807) is 30.2 Å². The van der Waals surface area contributed by atoms with Crippen LogP contribution in [0.3, 0.4) is 0 Å². The van der Waals surface area contributed by atoms with E-state index in [9.17, 15) is 13.2 Å². The molecule has 0 saturated heterocycles. The fourth-order valence-corrected chi connectivity index (χ4v) is 2.47. The van der Waals surface area contributed by atoms with Gasteiger partial charge in [-0.15, -0.1) is 0 Å². The molecule has 1 aromatic carbocycles. The third-order valence-corrected chi connectivity index (χ3v) is 4.37. The molecule has 1 amide bonds. The summed E-state index contributed by atoms with van der Waals surface area (Å²) in [5.41, 5.74) is 0.805. The van der Waals surface area contributed by atoms with Crippen LogP contribution in [0.2, 0.25) is 0 Å². The molecule has 1 rings (SSSR count). The maximum atomic E-state index is 12.3. The SMILES string of the molecule is CCS(=O)(=O)Oc1cccc(CN(CCOC)C(=O)C(C)C)c1. The zero-order valence-corrected chi connectivity index (χ0v) is 14.9. The molecule has 0 spiro atoms. The molecule has 0 radical (unpaired) electrons. The van der Waals surface area contributed by atoms with Crippen LogP contribution in [0.4, 0.5) is 0 Å². The zero-order valence-electron chi connectivity index (χ0n) is 14.1. The molecule has 0 aliphatic rings. The minimum atomic E-state index is -3.56. The monoisotopic (exact) mass is 343 g/mol. The van der Waals surface area contributed by atoms with Crippen molar-refractivity contribution in [2.45, 2.75) is 27.3 Å². The lowest BCUT2D eigenvalue weighted by molar-refractivity contribution is -0.135. The number of amides is 1. The Kier molecular flexibility index (Phi) is 7.51. The van der Waals surface area contributed by atoms with Gasteiger partial charge in [-0.3, -0.25) is 4.79 Å². The molecule has 0 bridgehead atoms. The summed E-state index contributed by atoms with van der Waals surface area (Å²) in [6, 6.07) is 6.77. The van der Waals surface area contributed by atoms with Crippen molar-refractivity contribution in [2.24, 2.45) is 5.92 Å². The largest absolute Gasteiger partial charge is 0.383 e. The molecule has 0 fully saturated rings. The van der Waals surface area contributed by atoms with Gasteiger partial charge < -0.3 is 13.8 Å². The molecule has 0 heterocycles. The molecule has 0 N–H and O–H groups in total. The first-order valence-corrected chi connectivity index (χ1v) is 9.15. The number of benzene rings is 1. The van der Waals surface area contributed by atoms with E-state index in [0.717, 1.165) is 5.56 Å². The Bertz CT molecular complexity index is 613. The fourth-order valence-electron chi connectivity index (χ4n) is 1.96. The number of carbonyl (C=O) groups excluding carboxylic acids is 1. The highest BCUT2D eigenvalue weighted by Gasteiger charge is 2.17. The first kappa shape index (κ1) is 19.4. The number of nitrogens with zero attached hydrogens (tertiary/aromatic N) is 1. The lowest BCUT2D eigenvalue weighted by Crippen LogP contribution is -2.36. The number of hydrogen-bond acceptors (Lipinski definition) is 5. The van der Waals surface area contributed by atoms with E-state index in [0.29, 0.717) is 19.7 Å². The number of hydrogen-bond donors (Lipinski definition) is 0. The maximum Gasteiger partial charge on any atom is 0.308 e. The van der Waals surface area contributed by atoms with Crippen molar-refractivity contribution in [1.82, 2.24) is 4.90 Å². The Labute approximate surface area is 138 Å². The summed E-state index contributed by atoms with van der Waals surface area (Å²) in [7, 11) is -1.98. The highest BCUT2D eigenvalue weighted by molar-refractivity contribution is 7.87. The normalized spacial score (nSPS) is 11.5. The van der Waals surface area contributed by atoms with Crippen LogP contribution in [0, 0.1) is 5.92 Å². The number of ether oxygens (including phenoxy) is 1. The maximum absolute atomic E-state index is 12.3. The van der Waals surface area contributed by atoms with Crippen LogP contribution in [0.5, 0.6) is 5.75 Å². The van der Waals surface area contributed by atoms with E-state index in [2.05, 4.69) is 0 Å². The van der Waals surface area contributed by atoms with Crippen LogP contribution in [0.1, 0.15) is 26.3 Å². The average molecular weight is 343 g/mol. The minimum absolute atomic E-state index is 0.0227. The lowest BCUT2D eigenvalue weighted by atomic mass is 10.1. The molecule has 0 saturated carbocycles. The molecular formula is C16H25NO5S. The van der Waals surface area contributed by atoms with Gasteiger partial charge in [-0.1, -0.05) is 26.0 Å². The Hall–Kier alpha value is -1.60. The van der Waals surface area contributed by atoms with Crippen molar-refractivity contribution in [3.8, 4) is 5.75 Å². The quantitative estimate of drug-likeness (QED) is 0.642. The molecule has 7 heteroatoms. The van der Waals surface area contributed by atoms with Crippen LogP contribution in [0.15, 0.2) is 24.3 Å². The summed E-state index contributed by atoms with van der Waals surface area (Å²) < 4.78 is 33.1. The van der Waals surface area contributed by atoms with Crippen molar-refractivity contribution in [3.63, 3.8) is 0 Å². The summed E-state index contributed by atoms with van der Waals surface area (Å²) in [5, 5.41) is 0. The molecular weight excluding hydrogens is 318 g/mol. The standard InChI is InChI=1S/C16H25NO5S/c1-5-23(19,20)22-15-8-6-7-14(11-15)12-17(9-10-21-4)16(18)13(2)3/h6-8,11,13H,5,9-10,12H2,1-4H3. The minimum Gasteiger partial charge on any atom is -0.383 e. The van der Waals surface area contributed by atoms with Gasteiger partial charge in [-0.05, 0) is 24.6 Å². The van der Waals surface area contributed by atoms with Crippen LogP contribution < -0.4 is 4.18 Å². The molecule has 130 valence electrons. The number of rotatable bonds is 9. The second-order valence-corrected chi connectivity index (χ2v) is 7.34. The van der Waals surface area contributed by atoms with Gasteiger partial charge in [0.1, 0.15) is 5.75 Å². The van der Waals surface area contributed by atoms with E-state index in [1.165, 1.54) is 6.92 Å². The molecule has 0 unspecified atom stereocenters. The van der Waals surface area contributed by atoms with E-state index < -0.39 is 10.1 Å². The Balaban J connectivity index is 2.89. The summed E-state index contributed by atoms with van der Waals surface area (Å²) in [6.07, 6.45) is 0. The summed E-state index contributed by atoms with van der Waals surface area (Å²) in [4.78, 5) is 14.0. The van der Waals surface area contributed by atoms with Crippen LogP contribution in [-0.2, 0) is 26.2 Å². The van der Waals surface area contributed by atoms with Gasteiger partial charge in [0.05, 0.1) is 12.4 Å². The molecule has 0 aliphatic heterocycles. The second kappa shape index (κ2) is 8.88. The summed E-state index contributed by atoms with van der Waals surface area (Å²) >= 11 is 0. The van der Waals surface area contributed by atoms with Gasteiger partial charge in [-0.25, -0.2) is 0 Å². The molecule has 0 aliphatic carbocycles. The van der Waals surface area contributed by atoms with Crippen molar-refractivity contribution in [2.75, 3.05) is 26.0 Å². The predicted molar refractivity (Wildman–Crippen MR) is 88.7 cm³/mol. The van der Waals surface area contributed by atoms with Crippen molar-refractivity contribution in [3.05, 3.63) is 29.8 Å². The summed E-state index contributed by atoms with van der Waals surface area (Å²) in [5.74, 6) is 0.0672. The van der Waals surface area contributed by atoms with Gasteiger partial charge in [-0.2, -0.15) is 8.42 Å². The smallest absolute Gasteiger partial charge is 0.308 e. The third-order valence-electron chi connectivity index (χ3n) is 3.22. The number of carbonyl (C=O) groups is 1. The molecule has 23 heavy (non-hydrogen) atoms. The van der Waals surface area contributed by atoms with Crippen LogP contribution in [-0.4, -0.2) is 45.2 Å². The Morgan fingerprint density at radius 2 is 2.00 bits per heavy atom. The summed E-state index contributed by atoms with van der Waals surface area (Å²) in [6.45, 7) is 6.51. The Morgan fingerprint density at radius 3 is 2.57 bits per heavy atom. The van der Waals surface area contributed by atoms with Crippen molar-refractivity contribution >= 4 is 16.0 Å². The van der Waals surface area contributed by atoms with Gasteiger partial charge in [0.2, 0.25) is 5.91 Å². The third kappa shape index (κ3) is 6.58. The first-order chi connectivity index (χ1) is 10.8. The van der Waals surface area contributed by atoms with Gasteiger partial charge in [0.25, 0.3) is 0 Å². The molecule has 6 nitrogen and oxygen atoms in total.